The fraction of sp³-hybridized carbons (Fsp3) is 0.308. The second kappa shape index (κ2) is 12.1. The molecule has 0 nitrogen and oxygen atoms in total. The van der Waals surface area contributed by atoms with Crippen LogP contribution in [0.3, 0.4) is 0 Å². The SMILES string of the molecule is CC1=C(C)C[C-]=C1.Cl.[C-]1=CC=CC1.[CH2]=[Zr+2]. The van der Waals surface area contributed by atoms with Crippen LogP contribution < -0.4 is 0 Å². The first-order chi connectivity index (χ1) is 6.80. The summed E-state index contributed by atoms with van der Waals surface area (Å²) in [6.07, 6.45) is 16.2. The van der Waals surface area contributed by atoms with Crippen molar-refractivity contribution in [3.8, 4) is 0 Å². The van der Waals surface area contributed by atoms with Crippen LogP contribution in [0.25, 0.3) is 0 Å². The van der Waals surface area contributed by atoms with Crippen LogP contribution in [0.2, 0.25) is 0 Å². The standard InChI is InChI=1S/C7H9.C5H5.CH2.ClH.Zr/c1-6-4-3-5-7(6)2;1-2-4-5-3-1;;;/h4H,5H2,1-2H3;1-3H,4H2;1H2;1H;/q2*-1;;;+2. The van der Waals surface area contributed by atoms with Crippen LogP contribution in [-0.4, -0.2) is 4.21 Å². The summed E-state index contributed by atoms with van der Waals surface area (Å²) in [4.78, 5) is 0. The minimum absolute atomic E-state index is 0. The predicted octanol–water partition coefficient (Wildman–Crippen LogP) is 3.78. The first-order valence-corrected chi connectivity index (χ1v) is 6.34. The van der Waals surface area contributed by atoms with Crippen LogP contribution in [-0.2, 0) is 24.2 Å². The summed E-state index contributed by atoms with van der Waals surface area (Å²) >= 11 is 1.30. The summed E-state index contributed by atoms with van der Waals surface area (Å²) in [5.74, 6) is 0. The van der Waals surface area contributed by atoms with Crippen LogP contribution in [0.4, 0.5) is 0 Å². The molecular formula is C13H17ClZr. The summed E-state index contributed by atoms with van der Waals surface area (Å²) in [6, 6.07) is 0. The number of rotatable bonds is 0. The molecule has 0 atom stereocenters. The van der Waals surface area contributed by atoms with Gasteiger partial charge >= 0.3 is 28.4 Å². The Balaban J connectivity index is 0. The molecule has 0 unspecified atom stereocenters. The van der Waals surface area contributed by atoms with E-state index in [4.69, 9.17) is 0 Å². The third-order valence-corrected chi connectivity index (χ3v) is 1.94. The molecule has 0 aromatic carbocycles. The number of hydrogen-bond donors (Lipinski definition) is 0. The van der Waals surface area contributed by atoms with Crippen molar-refractivity contribution in [2.45, 2.75) is 26.7 Å². The predicted molar refractivity (Wildman–Crippen MR) is 66.7 cm³/mol. The van der Waals surface area contributed by atoms with Crippen molar-refractivity contribution >= 4 is 16.6 Å². The molecule has 2 aliphatic rings. The van der Waals surface area contributed by atoms with E-state index in [1.54, 1.807) is 0 Å². The normalized spacial score (nSPS) is 15.2. The average molecular weight is 300 g/mol. The molecule has 0 aliphatic heterocycles. The van der Waals surface area contributed by atoms with E-state index in [-0.39, 0.29) is 12.4 Å². The second-order valence-electron chi connectivity index (χ2n) is 2.99. The molecule has 0 N–H and O–H groups in total. The van der Waals surface area contributed by atoms with Gasteiger partial charge in [-0.15, -0.1) is 32.2 Å². The van der Waals surface area contributed by atoms with Crippen molar-refractivity contribution in [2.24, 2.45) is 0 Å². The van der Waals surface area contributed by atoms with Crippen LogP contribution in [0.5, 0.6) is 0 Å². The first-order valence-electron chi connectivity index (χ1n) is 4.61. The van der Waals surface area contributed by atoms with Crippen molar-refractivity contribution in [1.29, 1.82) is 0 Å². The molecule has 0 amide bonds. The Hall–Kier alpha value is 0.00312. The molecule has 2 heteroatoms. The Morgan fingerprint density at radius 1 is 1.27 bits per heavy atom. The molecule has 0 saturated carbocycles. The number of allylic oxidation sites excluding steroid dienone is 8. The van der Waals surface area contributed by atoms with Gasteiger partial charge in [-0.3, -0.25) is 12.2 Å². The first kappa shape index (κ1) is 17.4. The maximum atomic E-state index is 3.34. The van der Waals surface area contributed by atoms with Gasteiger partial charge in [-0.05, 0) is 0 Å². The quantitative estimate of drug-likeness (QED) is 0.597. The van der Waals surface area contributed by atoms with Gasteiger partial charge in [0.2, 0.25) is 0 Å². The van der Waals surface area contributed by atoms with Gasteiger partial charge in [0.05, 0.1) is 0 Å². The van der Waals surface area contributed by atoms with Gasteiger partial charge in [0.25, 0.3) is 0 Å². The maximum absolute atomic E-state index is 3.34. The van der Waals surface area contributed by atoms with Gasteiger partial charge in [-0.1, -0.05) is 6.92 Å². The van der Waals surface area contributed by atoms with Gasteiger partial charge in [0.15, 0.2) is 0 Å². The van der Waals surface area contributed by atoms with Gasteiger partial charge < -0.3 is 0 Å². The van der Waals surface area contributed by atoms with Crippen molar-refractivity contribution < 1.29 is 24.2 Å². The molecule has 0 fully saturated rings. The van der Waals surface area contributed by atoms with Gasteiger partial charge in [0.1, 0.15) is 0 Å². The molecule has 0 bridgehead atoms. The minimum atomic E-state index is 0. The fourth-order valence-corrected chi connectivity index (χ4v) is 0.960. The molecule has 2 aliphatic carbocycles. The summed E-state index contributed by atoms with van der Waals surface area (Å²) in [5, 5.41) is 0. The van der Waals surface area contributed by atoms with Crippen molar-refractivity contribution in [1.82, 2.24) is 0 Å². The van der Waals surface area contributed by atoms with Crippen molar-refractivity contribution in [3.63, 3.8) is 0 Å². The Morgan fingerprint density at radius 2 is 1.93 bits per heavy atom. The van der Waals surface area contributed by atoms with E-state index in [0.29, 0.717) is 0 Å². The van der Waals surface area contributed by atoms with Crippen LogP contribution in [0.1, 0.15) is 26.7 Å². The van der Waals surface area contributed by atoms with E-state index in [1.165, 1.54) is 35.4 Å². The zero-order valence-electron chi connectivity index (χ0n) is 9.34. The molecule has 15 heavy (non-hydrogen) atoms. The molecule has 0 aromatic rings. The van der Waals surface area contributed by atoms with Gasteiger partial charge in [-0.2, -0.15) is 11.6 Å². The van der Waals surface area contributed by atoms with E-state index < -0.39 is 0 Å². The molecule has 0 spiro atoms. The summed E-state index contributed by atoms with van der Waals surface area (Å²) in [7, 11) is 0. The van der Waals surface area contributed by atoms with Crippen LogP contribution in [0.15, 0.2) is 35.5 Å². The van der Waals surface area contributed by atoms with Crippen molar-refractivity contribution in [2.75, 3.05) is 0 Å². The summed E-state index contributed by atoms with van der Waals surface area (Å²) in [6.45, 7) is 4.27. The Bertz CT molecular complexity index is 262. The van der Waals surface area contributed by atoms with Crippen LogP contribution >= 0.6 is 12.4 Å². The molecule has 0 radical (unpaired) electrons. The Kier molecular flexibility index (Phi) is 14.0. The summed E-state index contributed by atoms with van der Waals surface area (Å²) in [5.41, 5.74) is 2.85. The monoisotopic (exact) mass is 298 g/mol. The molecule has 80 valence electrons. The number of hydrogen-bond acceptors (Lipinski definition) is 0. The van der Waals surface area contributed by atoms with E-state index in [9.17, 15) is 0 Å². The Labute approximate surface area is 115 Å². The molecular weight excluding hydrogens is 283 g/mol. The van der Waals surface area contributed by atoms with E-state index in [2.05, 4.69) is 42.4 Å². The molecule has 2 rings (SSSR count). The Morgan fingerprint density at radius 3 is 2.07 bits per heavy atom. The van der Waals surface area contributed by atoms with Gasteiger partial charge in [0, 0.05) is 0 Å². The topological polar surface area (TPSA) is 0 Å². The number of halogens is 1. The van der Waals surface area contributed by atoms with Crippen molar-refractivity contribution in [3.05, 3.63) is 47.6 Å². The molecule has 0 heterocycles. The molecule has 0 saturated heterocycles. The average Bonchev–Trinajstić information content (AvgIpc) is 2.86. The zero-order chi connectivity index (χ0) is 10.8. The summed E-state index contributed by atoms with van der Waals surface area (Å²) < 4.78 is 3.34. The third kappa shape index (κ3) is 8.96. The fourth-order valence-electron chi connectivity index (χ4n) is 0.960. The van der Waals surface area contributed by atoms with E-state index in [1.807, 2.05) is 12.2 Å². The van der Waals surface area contributed by atoms with E-state index >= 15 is 0 Å². The van der Waals surface area contributed by atoms with Crippen LogP contribution in [0, 0.1) is 12.2 Å². The second-order valence-corrected chi connectivity index (χ2v) is 2.99. The third-order valence-electron chi connectivity index (χ3n) is 1.94. The van der Waals surface area contributed by atoms with Gasteiger partial charge in [-0.25, -0.2) is 23.8 Å². The van der Waals surface area contributed by atoms with E-state index in [0.717, 1.165) is 12.8 Å². The molecule has 0 aromatic heterocycles. The zero-order valence-corrected chi connectivity index (χ0v) is 12.6.